The normalized spacial score (nSPS) is 10.6. The van der Waals surface area contributed by atoms with Crippen LogP contribution in [0, 0.1) is 0 Å². The van der Waals surface area contributed by atoms with Crippen LogP contribution in [0.4, 0.5) is 0 Å². The first-order valence-corrected chi connectivity index (χ1v) is 9.44. The van der Waals surface area contributed by atoms with E-state index in [-0.39, 0.29) is 0 Å². The molecule has 0 saturated carbocycles. The van der Waals surface area contributed by atoms with Gasteiger partial charge in [0.05, 0.1) is 0 Å². The Morgan fingerprint density at radius 1 is 0.750 bits per heavy atom. The molecule has 0 radical (unpaired) electrons. The van der Waals surface area contributed by atoms with Crippen LogP contribution in [0.3, 0.4) is 0 Å². The molecule has 20 heavy (non-hydrogen) atoms. The standard InChI is InChI=1S/C16H18O3Se/c1-18-15-7-3-13(4-8-15)11-20(17)12-14-5-9-16(19-2)10-6-14/h3-10H,11-12H2,1-2H3. The van der Waals surface area contributed by atoms with Crippen molar-refractivity contribution >= 4 is 13.8 Å². The summed E-state index contributed by atoms with van der Waals surface area (Å²) in [6.45, 7) is 0. The zero-order chi connectivity index (χ0) is 14.4. The number of hydrogen-bond donors (Lipinski definition) is 0. The summed E-state index contributed by atoms with van der Waals surface area (Å²) in [6, 6.07) is 15.5. The van der Waals surface area contributed by atoms with Crippen LogP contribution in [0.5, 0.6) is 11.5 Å². The summed E-state index contributed by atoms with van der Waals surface area (Å²) in [6.07, 6.45) is 0. The summed E-state index contributed by atoms with van der Waals surface area (Å²) < 4.78 is 22.5. The molecule has 2 aromatic carbocycles. The Morgan fingerprint density at radius 3 is 1.40 bits per heavy atom. The molecule has 0 spiro atoms. The van der Waals surface area contributed by atoms with E-state index in [0.717, 1.165) is 22.6 Å². The number of hydrogen-bond acceptors (Lipinski definition) is 3. The van der Waals surface area contributed by atoms with Crippen molar-refractivity contribution in [3.05, 3.63) is 59.7 Å². The summed E-state index contributed by atoms with van der Waals surface area (Å²) in [5.74, 6) is 1.65. The van der Waals surface area contributed by atoms with Crippen LogP contribution in [-0.4, -0.2) is 28.1 Å². The van der Waals surface area contributed by atoms with E-state index in [1.807, 2.05) is 48.5 Å². The molecule has 0 atom stereocenters. The summed E-state index contributed by atoms with van der Waals surface area (Å²) in [5, 5.41) is 1.30. The van der Waals surface area contributed by atoms with Crippen LogP contribution in [0.15, 0.2) is 48.5 Å². The van der Waals surface area contributed by atoms with Crippen LogP contribution in [0.1, 0.15) is 11.1 Å². The molecule has 0 unspecified atom stereocenters. The maximum atomic E-state index is 12.2. The van der Waals surface area contributed by atoms with E-state index in [0.29, 0.717) is 10.6 Å². The molecule has 2 aromatic rings. The van der Waals surface area contributed by atoms with Gasteiger partial charge in [0.15, 0.2) is 0 Å². The Hall–Kier alpha value is -1.64. The molecule has 0 aliphatic heterocycles. The SMILES string of the molecule is COc1ccc(C[Se](=O)Cc2ccc(OC)cc2)cc1. The van der Waals surface area contributed by atoms with Crippen LogP contribution >= 0.6 is 0 Å². The van der Waals surface area contributed by atoms with Crippen molar-refractivity contribution in [3.63, 3.8) is 0 Å². The first-order chi connectivity index (χ1) is 9.71. The van der Waals surface area contributed by atoms with Crippen molar-refractivity contribution in [2.75, 3.05) is 14.2 Å². The number of ether oxygens (including phenoxy) is 2. The second kappa shape index (κ2) is 7.22. The monoisotopic (exact) mass is 338 g/mol. The van der Waals surface area contributed by atoms with Gasteiger partial charge in [-0.05, 0) is 0 Å². The molecule has 0 heterocycles. The average Bonchev–Trinajstić information content (AvgIpc) is 2.49. The number of methoxy groups -OCH3 is 2. The van der Waals surface area contributed by atoms with E-state index in [9.17, 15) is 3.83 Å². The Kier molecular flexibility index (Phi) is 5.33. The van der Waals surface area contributed by atoms with Crippen LogP contribution in [-0.2, 0) is 14.5 Å². The fourth-order valence-corrected chi connectivity index (χ4v) is 4.45. The second-order valence-corrected chi connectivity index (χ2v) is 7.48. The molecule has 0 bridgehead atoms. The maximum absolute atomic E-state index is 12.2. The van der Waals surface area contributed by atoms with E-state index >= 15 is 0 Å². The fraction of sp³-hybridized carbons (Fsp3) is 0.250. The summed E-state index contributed by atoms with van der Waals surface area (Å²) in [7, 11) is 3.28. The molecule has 0 aliphatic rings. The van der Waals surface area contributed by atoms with Crippen molar-refractivity contribution in [2.24, 2.45) is 0 Å². The van der Waals surface area contributed by atoms with Gasteiger partial charge in [0.25, 0.3) is 0 Å². The molecule has 0 aliphatic carbocycles. The predicted molar refractivity (Wildman–Crippen MR) is 79.8 cm³/mol. The van der Waals surface area contributed by atoms with Crippen LogP contribution in [0.2, 0.25) is 0 Å². The minimum absolute atomic E-state index is 0.649. The average molecular weight is 337 g/mol. The molecule has 0 saturated heterocycles. The Bertz CT molecular complexity index is 510. The molecular weight excluding hydrogens is 319 g/mol. The summed E-state index contributed by atoms with van der Waals surface area (Å²) in [4.78, 5) is 0. The van der Waals surface area contributed by atoms with Crippen molar-refractivity contribution in [3.8, 4) is 11.5 Å². The van der Waals surface area contributed by atoms with Crippen molar-refractivity contribution in [1.29, 1.82) is 0 Å². The molecule has 2 rings (SSSR count). The molecule has 0 amide bonds. The Morgan fingerprint density at radius 2 is 1.10 bits per heavy atom. The Labute approximate surface area is 123 Å². The minimum atomic E-state index is -1.90. The van der Waals surface area contributed by atoms with Crippen LogP contribution in [0.25, 0.3) is 0 Å². The van der Waals surface area contributed by atoms with Gasteiger partial charge in [-0.2, -0.15) is 0 Å². The van der Waals surface area contributed by atoms with Crippen LogP contribution < -0.4 is 9.47 Å². The predicted octanol–water partition coefficient (Wildman–Crippen LogP) is 2.99. The number of rotatable bonds is 6. The zero-order valence-electron chi connectivity index (χ0n) is 11.7. The van der Waals surface area contributed by atoms with Gasteiger partial charge in [-0.1, -0.05) is 0 Å². The third-order valence-electron chi connectivity index (χ3n) is 2.97. The zero-order valence-corrected chi connectivity index (χ0v) is 13.4. The van der Waals surface area contributed by atoms with Gasteiger partial charge >= 0.3 is 123 Å². The fourth-order valence-electron chi connectivity index (χ4n) is 1.87. The van der Waals surface area contributed by atoms with E-state index in [1.165, 1.54) is 0 Å². The topological polar surface area (TPSA) is 35.5 Å². The van der Waals surface area contributed by atoms with E-state index in [2.05, 4.69) is 0 Å². The molecule has 106 valence electrons. The first-order valence-electron chi connectivity index (χ1n) is 6.32. The quantitative estimate of drug-likeness (QED) is 0.760. The molecule has 4 heteroatoms. The van der Waals surface area contributed by atoms with E-state index < -0.39 is 13.8 Å². The van der Waals surface area contributed by atoms with Gasteiger partial charge in [0.2, 0.25) is 0 Å². The molecule has 0 fully saturated rings. The van der Waals surface area contributed by atoms with Gasteiger partial charge in [-0.3, -0.25) is 0 Å². The second-order valence-electron chi connectivity index (χ2n) is 4.42. The summed E-state index contributed by atoms with van der Waals surface area (Å²) >= 11 is -1.90. The summed E-state index contributed by atoms with van der Waals surface area (Å²) in [5.41, 5.74) is 2.19. The van der Waals surface area contributed by atoms with Gasteiger partial charge in [0.1, 0.15) is 0 Å². The third kappa shape index (κ3) is 4.19. The van der Waals surface area contributed by atoms with E-state index in [4.69, 9.17) is 9.47 Å². The van der Waals surface area contributed by atoms with Crippen molar-refractivity contribution in [2.45, 2.75) is 10.6 Å². The first kappa shape index (κ1) is 14.8. The van der Waals surface area contributed by atoms with Gasteiger partial charge in [0, 0.05) is 0 Å². The molecule has 3 nitrogen and oxygen atoms in total. The van der Waals surface area contributed by atoms with Gasteiger partial charge < -0.3 is 0 Å². The van der Waals surface area contributed by atoms with Gasteiger partial charge in [-0.15, -0.1) is 0 Å². The Balaban J connectivity index is 1.93. The molecular formula is C16H18O3Se. The van der Waals surface area contributed by atoms with Gasteiger partial charge in [-0.25, -0.2) is 0 Å². The molecule has 0 N–H and O–H groups in total. The van der Waals surface area contributed by atoms with Crippen molar-refractivity contribution < 1.29 is 13.3 Å². The van der Waals surface area contributed by atoms with E-state index in [1.54, 1.807) is 14.2 Å². The van der Waals surface area contributed by atoms with Crippen molar-refractivity contribution in [1.82, 2.24) is 0 Å². The number of benzene rings is 2. The third-order valence-corrected chi connectivity index (χ3v) is 5.72. The molecule has 0 aromatic heterocycles.